The maximum absolute atomic E-state index is 11.6. The highest BCUT2D eigenvalue weighted by atomic mass is 35.5. The predicted molar refractivity (Wildman–Crippen MR) is 82.1 cm³/mol. The van der Waals surface area contributed by atoms with Gasteiger partial charge in [-0.1, -0.05) is 18.5 Å². The third-order valence-corrected chi connectivity index (χ3v) is 3.48. The van der Waals surface area contributed by atoms with E-state index in [1.165, 1.54) is 6.92 Å². The van der Waals surface area contributed by atoms with Crippen LogP contribution in [-0.4, -0.2) is 5.78 Å². The van der Waals surface area contributed by atoms with Gasteiger partial charge in [0.1, 0.15) is 11.5 Å². The Bertz CT molecular complexity index is 732. The highest BCUT2D eigenvalue weighted by molar-refractivity contribution is 6.31. The number of halogens is 1. The second-order valence-electron chi connectivity index (χ2n) is 4.59. The molecule has 0 aliphatic rings. The molecule has 0 saturated heterocycles. The van der Waals surface area contributed by atoms with Gasteiger partial charge in [0, 0.05) is 5.02 Å². The maximum Gasteiger partial charge on any atom is 0.163 e. The summed E-state index contributed by atoms with van der Waals surface area (Å²) in [5.41, 5.74) is 1.86. The van der Waals surface area contributed by atoms with E-state index in [0.717, 1.165) is 12.0 Å². The van der Waals surface area contributed by atoms with Gasteiger partial charge in [-0.3, -0.25) is 4.79 Å². The average Bonchev–Trinajstić information content (AvgIpc) is 2.48. The van der Waals surface area contributed by atoms with E-state index in [4.69, 9.17) is 21.6 Å². The molecule has 0 aliphatic heterocycles. The molecule has 3 nitrogen and oxygen atoms in total. The zero-order valence-corrected chi connectivity index (χ0v) is 12.6. The molecule has 0 heterocycles. The number of carbonyl (C=O) groups is 1. The third-order valence-electron chi connectivity index (χ3n) is 3.12. The van der Waals surface area contributed by atoms with Gasteiger partial charge >= 0.3 is 0 Å². The molecule has 21 heavy (non-hydrogen) atoms. The van der Waals surface area contributed by atoms with E-state index in [1.54, 1.807) is 30.3 Å². The maximum atomic E-state index is 11.6. The first-order valence-corrected chi connectivity index (χ1v) is 6.94. The van der Waals surface area contributed by atoms with Crippen molar-refractivity contribution in [2.75, 3.05) is 0 Å². The van der Waals surface area contributed by atoms with Crippen LogP contribution in [0.25, 0.3) is 0 Å². The number of benzene rings is 2. The summed E-state index contributed by atoms with van der Waals surface area (Å²) in [5, 5.41) is 9.65. The van der Waals surface area contributed by atoms with Gasteiger partial charge in [0.05, 0.1) is 17.2 Å². The molecule has 0 atom stereocenters. The lowest BCUT2D eigenvalue weighted by Gasteiger charge is -2.11. The summed E-state index contributed by atoms with van der Waals surface area (Å²) in [6.45, 7) is 3.47. The van der Waals surface area contributed by atoms with Crippen LogP contribution in [0.3, 0.4) is 0 Å². The fourth-order valence-electron chi connectivity index (χ4n) is 1.98. The van der Waals surface area contributed by atoms with E-state index in [-0.39, 0.29) is 5.78 Å². The van der Waals surface area contributed by atoms with Crippen LogP contribution in [0, 0.1) is 11.3 Å². The monoisotopic (exact) mass is 299 g/mol. The summed E-state index contributed by atoms with van der Waals surface area (Å²) in [6.07, 6.45) is 0.786. The Kier molecular flexibility index (Phi) is 4.62. The van der Waals surface area contributed by atoms with Crippen LogP contribution in [0.4, 0.5) is 0 Å². The molecule has 0 aliphatic carbocycles. The van der Waals surface area contributed by atoms with Gasteiger partial charge in [0.15, 0.2) is 5.78 Å². The number of hydrogen-bond donors (Lipinski definition) is 0. The quantitative estimate of drug-likeness (QED) is 0.764. The van der Waals surface area contributed by atoms with Gasteiger partial charge in [-0.25, -0.2) is 0 Å². The predicted octanol–water partition coefficient (Wildman–Crippen LogP) is 4.77. The molecule has 0 radical (unpaired) electrons. The smallest absolute Gasteiger partial charge is 0.163 e. The van der Waals surface area contributed by atoms with E-state index in [9.17, 15) is 4.79 Å². The Morgan fingerprint density at radius 1 is 1.29 bits per heavy atom. The Hall–Kier alpha value is -2.31. The lowest BCUT2D eigenvalue weighted by Crippen LogP contribution is -1.98. The van der Waals surface area contributed by atoms with Crippen molar-refractivity contribution >= 4 is 17.4 Å². The Labute approximate surface area is 128 Å². The first-order valence-electron chi connectivity index (χ1n) is 6.56. The number of rotatable bonds is 4. The first kappa shape index (κ1) is 15.1. The number of nitrogens with zero attached hydrogens (tertiary/aromatic N) is 1. The van der Waals surface area contributed by atoms with E-state index < -0.39 is 0 Å². The van der Waals surface area contributed by atoms with E-state index in [1.807, 2.05) is 19.1 Å². The molecule has 0 amide bonds. The molecule has 2 aromatic carbocycles. The summed E-state index contributed by atoms with van der Waals surface area (Å²) in [4.78, 5) is 11.6. The zero-order chi connectivity index (χ0) is 15.4. The van der Waals surface area contributed by atoms with Crippen LogP contribution in [0.15, 0.2) is 36.4 Å². The minimum atomic E-state index is -0.112. The Balaban J connectivity index is 2.43. The van der Waals surface area contributed by atoms with E-state index in [0.29, 0.717) is 27.6 Å². The highest BCUT2D eigenvalue weighted by Crippen LogP contribution is 2.30. The van der Waals surface area contributed by atoms with E-state index in [2.05, 4.69) is 0 Å². The number of Topliss-reactive ketones (excluding diaryl/α,β-unsaturated/α-hetero) is 1. The lowest BCUT2D eigenvalue weighted by atomic mass is 10.1. The molecular formula is C17H14ClNO2. The number of nitriles is 1. The van der Waals surface area contributed by atoms with Crippen molar-refractivity contribution < 1.29 is 9.53 Å². The van der Waals surface area contributed by atoms with Gasteiger partial charge in [0.25, 0.3) is 0 Å². The molecule has 106 valence electrons. The summed E-state index contributed by atoms with van der Waals surface area (Å²) >= 11 is 6.08. The van der Waals surface area contributed by atoms with Crippen LogP contribution in [0.1, 0.15) is 35.3 Å². The van der Waals surface area contributed by atoms with Crippen molar-refractivity contribution in [2.45, 2.75) is 20.3 Å². The van der Waals surface area contributed by atoms with Gasteiger partial charge in [0.2, 0.25) is 0 Å². The summed E-state index contributed by atoms with van der Waals surface area (Å²) in [5.74, 6) is 0.860. The molecule has 2 aromatic rings. The van der Waals surface area contributed by atoms with E-state index >= 15 is 0 Å². The molecule has 0 spiro atoms. The molecule has 2 rings (SSSR count). The van der Waals surface area contributed by atoms with Crippen LogP contribution in [0.2, 0.25) is 5.02 Å². The Morgan fingerprint density at radius 2 is 2.05 bits per heavy atom. The molecule has 0 unspecified atom stereocenters. The molecule has 0 aromatic heterocycles. The number of hydrogen-bond acceptors (Lipinski definition) is 3. The van der Waals surface area contributed by atoms with Crippen molar-refractivity contribution in [3.05, 3.63) is 58.1 Å². The fourth-order valence-corrected chi connectivity index (χ4v) is 2.23. The SMILES string of the molecule is CCc1cc(Oc2cc(C#N)ccc2C(C)=O)ccc1Cl. The second kappa shape index (κ2) is 6.43. The minimum Gasteiger partial charge on any atom is -0.457 e. The summed E-state index contributed by atoms with van der Waals surface area (Å²) in [7, 11) is 0. The fraction of sp³-hybridized carbons (Fsp3) is 0.176. The second-order valence-corrected chi connectivity index (χ2v) is 4.99. The molecule has 0 bridgehead atoms. The van der Waals surface area contributed by atoms with Crippen molar-refractivity contribution in [3.8, 4) is 17.6 Å². The lowest BCUT2D eigenvalue weighted by molar-refractivity contribution is 0.101. The van der Waals surface area contributed by atoms with Crippen LogP contribution < -0.4 is 4.74 Å². The largest absolute Gasteiger partial charge is 0.457 e. The summed E-state index contributed by atoms with van der Waals surface area (Å²) in [6, 6.07) is 12.1. The Morgan fingerprint density at radius 3 is 2.67 bits per heavy atom. The average molecular weight is 300 g/mol. The van der Waals surface area contributed by atoms with Crippen LogP contribution in [0.5, 0.6) is 11.5 Å². The first-order chi connectivity index (χ1) is 10.0. The number of ketones is 1. The van der Waals surface area contributed by atoms with Crippen molar-refractivity contribution in [1.82, 2.24) is 0 Å². The van der Waals surface area contributed by atoms with Crippen molar-refractivity contribution in [2.24, 2.45) is 0 Å². The molecule has 4 heteroatoms. The number of ether oxygens (including phenoxy) is 1. The van der Waals surface area contributed by atoms with Crippen LogP contribution >= 0.6 is 11.6 Å². The van der Waals surface area contributed by atoms with Gasteiger partial charge in [-0.2, -0.15) is 5.26 Å². The van der Waals surface area contributed by atoms with Crippen LogP contribution in [-0.2, 0) is 6.42 Å². The zero-order valence-electron chi connectivity index (χ0n) is 11.8. The normalized spacial score (nSPS) is 10.0. The third kappa shape index (κ3) is 3.42. The van der Waals surface area contributed by atoms with Gasteiger partial charge in [-0.05, 0) is 55.3 Å². The van der Waals surface area contributed by atoms with Gasteiger partial charge in [-0.15, -0.1) is 0 Å². The topological polar surface area (TPSA) is 50.1 Å². The van der Waals surface area contributed by atoms with Crippen molar-refractivity contribution in [3.63, 3.8) is 0 Å². The van der Waals surface area contributed by atoms with Gasteiger partial charge < -0.3 is 4.74 Å². The highest BCUT2D eigenvalue weighted by Gasteiger charge is 2.11. The molecule has 0 fully saturated rings. The molecule has 0 N–H and O–H groups in total. The molecule has 0 saturated carbocycles. The van der Waals surface area contributed by atoms with Crippen molar-refractivity contribution in [1.29, 1.82) is 5.26 Å². The number of aryl methyl sites for hydroxylation is 1. The standard InChI is InChI=1S/C17H14ClNO2/c1-3-13-9-14(5-7-16(13)18)21-17-8-12(10-19)4-6-15(17)11(2)20/h4-9H,3H2,1-2H3. The minimum absolute atomic E-state index is 0.112. The number of carbonyl (C=O) groups excluding carboxylic acids is 1. The molecular weight excluding hydrogens is 286 g/mol. The summed E-state index contributed by atoms with van der Waals surface area (Å²) < 4.78 is 5.78.